The quantitative estimate of drug-likeness (QED) is 0.660. The average Bonchev–Trinajstić information content (AvgIpc) is 2.48. The van der Waals surface area contributed by atoms with E-state index in [1.54, 1.807) is 12.1 Å². The Morgan fingerprint density at radius 2 is 1.91 bits per heavy atom. The van der Waals surface area contributed by atoms with Crippen molar-refractivity contribution in [3.63, 3.8) is 0 Å². The smallest absolute Gasteiger partial charge is 0.128 e. The first-order chi connectivity index (χ1) is 9.72. The van der Waals surface area contributed by atoms with E-state index in [1.807, 2.05) is 6.07 Å². The number of hydrogen-bond donors (Lipinski definition) is 1. The Balaban J connectivity index is 0.00000220. The maximum atomic E-state index is 14.2. The van der Waals surface area contributed by atoms with Gasteiger partial charge in [0.05, 0.1) is 0 Å². The Bertz CT molecular complexity index is 429. The maximum Gasteiger partial charge on any atom is 0.128 e. The van der Waals surface area contributed by atoms with Gasteiger partial charge in [0.1, 0.15) is 5.82 Å². The molecular weight excluding hydrogens is 390 g/mol. The van der Waals surface area contributed by atoms with Gasteiger partial charge in [0.25, 0.3) is 0 Å². The van der Waals surface area contributed by atoms with Gasteiger partial charge in [0, 0.05) is 42.3 Å². The van der Waals surface area contributed by atoms with Crippen LogP contribution in [0.3, 0.4) is 0 Å². The van der Waals surface area contributed by atoms with Gasteiger partial charge >= 0.3 is 0 Å². The Morgan fingerprint density at radius 3 is 2.55 bits per heavy atom. The van der Waals surface area contributed by atoms with Crippen LogP contribution in [0.15, 0.2) is 22.7 Å². The zero-order valence-corrected chi connectivity index (χ0v) is 16.2. The molecule has 1 aromatic rings. The summed E-state index contributed by atoms with van der Waals surface area (Å²) in [4.78, 5) is 2.43. The number of rotatable bonds is 6. The molecule has 0 amide bonds. The fraction of sp³-hybridized carbons (Fsp3) is 0.625. The van der Waals surface area contributed by atoms with E-state index in [0.717, 1.165) is 49.1 Å². The molecule has 1 atom stereocenters. The highest BCUT2D eigenvalue weighted by atomic mass is 79.9. The number of hydrogen-bond acceptors (Lipinski definition) is 2. The lowest BCUT2D eigenvalue weighted by Gasteiger charge is -2.35. The molecule has 0 spiro atoms. The third kappa shape index (κ3) is 6.32. The maximum absolute atomic E-state index is 14.2. The van der Waals surface area contributed by atoms with Gasteiger partial charge in [-0.15, -0.1) is 24.8 Å². The van der Waals surface area contributed by atoms with E-state index in [2.05, 4.69) is 33.1 Å². The van der Waals surface area contributed by atoms with Gasteiger partial charge in [-0.25, -0.2) is 4.39 Å². The van der Waals surface area contributed by atoms with Crippen LogP contribution < -0.4 is 5.32 Å². The molecule has 0 saturated carbocycles. The predicted octanol–water partition coefficient (Wildman–Crippen LogP) is 4.96. The normalized spacial score (nSPS) is 16.5. The van der Waals surface area contributed by atoms with Crippen molar-refractivity contribution in [1.29, 1.82) is 0 Å². The fourth-order valence-electron chi connectivity index (χ4n) is 2.89. The summed E-state index contributed by atoms with van der Waals surface area (Å²) in [6.45, 7) is 6.21. The number of benzene rings is 1. The minimum Gasteiger partial charge on any atom is -0.314 e. The molecule has 1 heterocycles. The molecule has 128 valence electrons. The van der Waals surface area contributed by atoms with Crippen molar-refractivity contribution in [2.45, 2.75) is 38.6 Å². The van der Waals surface area contributed by atoms with Crippen LogP contribution in [-0.4, -0.2) is 31.1 Å². The first-order valence-electron chi connectivity index (χ1n) is 7.62. The first-order valence-corrected chi connectivity index (χ1v) is 8.41. The highest BCUT2D eigenvalue weighted by Gasteiger charge is 2.24. The van der Waals surface area contributed by atoms with E-state index < -0.39 is 0 Å². The molecule has 1 aliphatic rings. The fourth-order valence-corrected chi connectivity index (χ4v) is 3.27. The first kappa shape index (κ1) is 22.1. The van der Waals surface area contributed by atoms with Crippen molar-refractivity contribution >= 4 is 40.7 Å². The lowest BCUT2D eigenvalue weighted by atomic mass is 9.97. The van der Waals surface area contributed by atoms with Gasteiger partial charge in [0.2, 0.25) is 0 Å². The SMILES string of the molecule is CCCCC[C@H](c1cc(Br)ccc1F)N1CCNCC1.Cl.Cl. The second kappa shape index (κ2) is 11.6. The van der Waals surface area contributed by atoms with Crippen LogP contribution in [0.1, 0.15) is 44.2 Å². The zero-order valence-electron chi connectivity index (χ0n) is 13.0. The van der Waals surface area contributed by atoms with Crippen LogP contribution in [0.4, 0.5) is 4.39 Å². The van der Waals surface area contributed by atoms with E-state index in [4.69, 9.17) is 0 Å². The third-order valence-electron chi connectivity index (χ3n) is 3.99. The van der Waals surface area contributed by atoms with E-state index >= 15 is 0 Å². The Morgan fingerprint density at radius 1 is 1.23 bits per heavy atom. The summed E-state index contributed by atoms with van der Waals surface area (Å²) >= 11 is 3.47. The number of halogens is 4. The molecule has 2 rings (SSSR count). The number of nitrogens with one attached hydrogen (secondary N) is 1. The number of piperazine rings is 1. The summed E-state index contributed by atoms with van der Waals surface area (Å²) in [5.74, 6) is -0.0757. The van der Waals surface area contributed by atoms with Gasteiger partial charge in [-0.05, 0) is 24.6 Å². The van der Waals surface area contributed by atoms with E-state index in [-0.39, 0.29) is 36.7 Å². The molecule has 1 aromatic carbocycles. The lowest BCUT2D eigenvalue weighted by molar-refractivity contribution is 0.159. The summed E-state index contributed by atoms with van der Waals surface area (Å²) in [6, 6.07) is 5.52. The molecule has 0 aliphatic carbocycles. The summed E-state index contributed by atoms with van der Waals surface area (Å²) in [6.07, 6.45) is 4.63. The second-order valence-electron chi connectivity index (χ2n) is 5.46. The lowest BCUT2D eigenvalue weighted by Crippen LogP contribution is -2.45. The Kier molecular flexibility index (Phi) is 11.7. The highest BCUT2D eigenvalue weighted by molar-refractivity contribution is 9.10. The molecule has 1 N–H and O–H groups in total. The largest absolute Gasteiger partial charge is 0.314 e. The number of nitrogens with zero attached hydrogens (tertiary/aromatic N) is 1. The van der Waals surface area contributed by atoms with Crippen LogP contribution in [-0.2, 0) is 0 Å². The molecule has 1 aliphatic heterocycles. The standard InChI is InChI=1S/C16H24BrFN2.2ClH/c1-2-3-4-5-16(20-10-8-19-9-11-20)14-12-13(17)6-7-15(14)18;;/h6-7,12,16,19H,2-5,8-11H2,1H3;2*1H/t16-;;/m1../s1. The monoisotopic (exact) mass is 414 g/mol. The molecule has 1 fully saturated rings. The van der Waals surface area contributed by atoms with Crippen molar-refractivity contribution in [2.75, 3.05) is 26.2 Å². The van der Waals surface area contributed by atoms with Crippen LogP contribution in [0.25, 0.3) is 0 Å². The molecule has 6 heteroatoms. The Hall–Kier alpha value is 0.130. The van der Waals surface area contributed by atoms with E-state index in [1.165, 1.54) is 12.8 Å². The Labute approximate surface area is 154 Å². The highest BCUT2D eigenvalue weighted by Crippen LogP contribution is 2.30. The molecule has 1 saturated heterocycles. The van der Waals surface area contributed by atoms with Gasteiger partial charge in [-0.1, -0.05) is 42.1 Å². The molecule has 0 aromatic heterocycles. The minimum atomic E-state index is -0.0757. The number of unbranched alkanes of at least 4 members (excludes halogenated alkanes) is 2. The summed E-state index contributed by atoms with van der Waals surface area (Å²) in [5.41, 5.74) is 0.845. The molecule has 0 unspecified atom stereocenters. The van der Waals surface area contributed by atoms with E-state index in [9.17, 15) is 4.39 Å². The zero-order chi connectivity index (χ0) is 14.4. The summed E-state index contributed by atoms with van der Waals surface area (Å²) in [5, 5.41) is 3.37. The van der Waals surface area contributed by atoms with Crippen molar-refractivity contribution in [3.05, 3.63) is 34.1 Å². The summed E-state index contributed by atoms with van der Waals surface area (Å²) < 4.78 is 15.2. The van der Waals surface area contributed by atoms with Gasteiger partial charge in [0.15, 0.2) is 0 Å². The van der Waals surface area contributed by atoms with Crippen molar-refractivity contribution in [1.82, 2.24) is 10.2 Å². The predicted molar refractivity (Wildman–Crippen MR) is 99.9 cm³/mol. The molecule has 0 radical (unpaired) electrons. The third-order valence-corrected chi connectivity index (χ3v) is 4.48. The van der Waals surface area contributed by atoms with Crippen molar-refractivity contribution in [3.8, 4) is 0 Å². The van der Waals surface area contributed by atoms with Crippen LogP contribution in [0, 0.1) is 5.82 Å². The topological polar surface area (TPSA) is 15.3 Å². The van der Waals surface area contributed by atoms with Crippen LogP contribution in [0.2, 0.25) is 0 Å². The molecule has 22 heavy (non-hydrogen) atoms. The average molecular weight is 416 g/mol. The van der Waals surface area contributed by atoms with Gasteiger partial charge in [-0.2, -0.15) is 0 Å². The minimum absolute atomic E-state index is 0. The molecule has 2 nitrogen and oxygen atoms in total. The molecular formula is C16H26BrCl2FN2. The van der Waals surface area contributed by atoms with Crippen LogP contribution in [0.5, 0.6) is 0 Å². The van der Waals surface area contributed by atoms with E-state index in [0.29, 0.717) is 0 Å². The summed E-state index contributed by atoms with van der Waals surface area (Å²) in [7, 11) is 0. The van der Waals surface area contributed by atoms with Gasteiger partial charge in [-0.3, -0.25) is 4.90 Å². The van der Waals surface area contributed by atoms with Crippen molar-refractivity contribution in [2.24, 2.45) is 0 Å². The van der Waals surface area contributed by atoms with Crippen molar-refractivity contribution < 1.29 is 4.39 Å². The second-order valence-corrected chi connectivity index (χ2v) is 6.38. The van der Waals surface area contributed by atoms with Crippen LogP contribution >= 0.6 is 40.7 Å². The molecule has 0 bridgehead atoms. The van der Waals surface area contributed by atoms with Gasteiger partial charge < -0.3 is 5.32 Å².